The zero-order valence-electron chi connectivity index (χ0n) is 17.5. The normalized spacial score (nSPS) is 11.7. The van der Waals surface area contributed by atoms with Gasteiger partial charge in [0.1, 0.15) is 10.6 Å². The molecule has 0 heterocycles. The van der Waals surface area contributed by atoms with E-state index < -0.39 is 26.1 Å². The number of nitrogens with two attached hydrogens (primary N) is 1. The van der Waals surface area contributed by atoms with Gasteiger partial charge in [0, 0.05) is 19.2 Å². The van der Waals surface area contributed by atoms with Gasteiger partial charge >= 0.3 is 6.03 Å². The largest absolute Gasteiger partial charge is 0.495 e. The minimum Gasteiger partial charge on any atom is -0.495 e. The number of methoxy groups -OCH3 is 1. The molecule has 13 heteroatoms. The van der Waals surface area contributed by atoms with E-state index in [1.165, 1.54) is 43.5 Å². The predicted molar refractivity (Wildman–Crippen MR) is 122 cm³/mol. The molecule has 176 valence electrons. The third-order valence-corrected chi connectivity index (χ3v) is 7.43. The second-order valence-electron chi connectivity index (χ2n) is 6.68. The molecule has 0 atom stereocenters. The quantitative estimate of drug-likeness (QED) is 0.359. The van der Waals surface area contributed by atoms with Crippen LogP contribution in [0, 0.1) is 0 Å². The number of urea groups is 1. The summed E-state index contributed by atoms with van der Waals surface area (Å²) in [5, 5.41) is 2.50. The van der Waals surface area contributed by atoms with E-state index in [1.807, 2.05) is 11.6 Å². The summed E-state index contributed by atoms with van der Waals surface area (Å²) in [6.45, 7) is 2.23. The number of sulfonamides is 2. The van der Waals surface area contributed by atoms with Crippen LogP contribution < -0.4 is 25.2 Å². The fourth-order valence-corrected chi connectivity index (χ4v) is 4.98. The van der Waals surface area contributed by atoms with E-state index in [-0.39, 0.29) is 39.2 Å². The fraction of sp³-hybridized carbons (Fsp3) is 0.316. The maximum Gasteiger partial charge on any atom is 0.328 e. The zero-order valence-corrected chi connectivity index (χ0v) is 19.9. The van der Waals surface area contributed by atoms with Gasteiger partial charge in [0.25, 0.3) is 10.0 Å². The molecule has 0 saturated heterocycles. The molecule has 0 aliphatic heterocycles. The lowest BCUT2D eigenvalue weighted by Gasteiger charge is -2.12. The van der Waals surface area contributed by atoms with Crippen LogP contribution in [0.2, 0.25) is 5.02 Å². The van der Waals surface area contributed by atoms with Crippen LogP contribution in [0.15, 0.2) is 46.2 Å². The maximum absolute atomic E-state index is 12.6. The van der Waals surface area contributed by atoms with Crippen molar-refractivity contribution in [3.8, 4) is 5.75 Å². The lowest BCUT2D eigenvalue weighted by atomic mass is 10.2. The van der Waals surface area contributed by atoms with Gasteiger partial charge in [0.2, 0.25) is 10.0 Å². The van der Waals surface area contributed by atoms with E-state index in [0.29, 0.717) is 18.5 Å². The Bertz CT molecular complexity index is 1170. The van der Waals surface area contributed by atoms with Gasteiger partial charge in [0.05, 0.1) is 22.7 Å². The molecule has 0 saturated carbocycles. The molecule has 2 rings (SSSR count). The summed E-state index contributed by atoms with van der Waals surface area (Å²) in [4.78, 5) is 11.4. The first kappa shape index (κ1) is 25.7. The first-order valence-corrected chi connectivity index (χ1v) is 12.9. The Kier molecular flexibility index (Phi) is 8.73. The van der Waals surface area contributed by atoms with Crippen LogP contribution in [0.1, 0.15) is 18.9 Å². The number of nitrogens with one attached hydrogen (secondary N) is 3. The van der Waals surface area contributed by atoms with Crippen molar-refractivity contribution in [3.05, 3.63) is 47.0 Å². The van der Waals surface area contributed by atoms with E-state index in [1.54, 1.807) is 0 Å². The van der Waals surface area contributed by atoms with Crippen LogP contribution in [0.3, 0.4) is 0 Å². The molecule has 0 spiro atoms. The third-order valence-electron chi connectivity index (χ3n) is 4.27. The smallest absolute Gasteiger partial charge is 0.328 e. The van der Waals surface area contributed by atoms with Crippen molar-refractivity contribution in [2.24, 2.45) is 0 Å². The van der Waals surface area contributed by atoms with Gasteiger partial charge in [-0.15, -0.1) is 0 Å². The Labute approximate surface area is 192 Å². The lowest BCUT2D eigenvalue weighted by Crippen LogP contribution is -2.39. The molecule has 0 aliphatic carbocycles. The monoisotopic (exact) mass is 504 g/mol. The Morgan fingerprint density at radius 2 is 1.72 bits per heavy atom. The average molecular weight is 505 g/mol. The molecule has 2 amide bonds. The number of amides is 2. The highest BCUT2D eigenvalue weighted by Gasteiger charge is 2.21. The number of ether oxygens (including phenoxy) is 1. The summed E-state index contributed by atoms with van der Waals surface area (Å²) < 4.78 is 59.1. The summed E-state index contributed by atoms with van der Waals surface area (Å²) in [7, 11) is -6.62. The topological polar surface area (TPSA) is 157 Å². The Morgan fingerprint density at radius 3 is 2.31 bits per heavy atom. The number of halogens is 1. The number of nitrogen functional groups attached to an aromatic ring is 1. The number of benzene rings is 2. The van der Waals surface area contributed by atoms with Crippen molar-refractivity contribution in [1.29, 1.82) is 0 Å². The van der Waals surface area contributed by atoms with Crippen LogP contribution in [0.4, 0.5) is 10.5 Å². The van der Waals surface area contributed by atoms with E-state index in [9.17, 15) is 21.6 Å². The van der Waals surface area contributed by atoms with Gasteiger partial charge in [-0.1, -0.05) is 30.7 Å². The number of carbonyl (C=O) groups excluding carboxylic acids is 1. The molecule has 5 N–H and O–H groups in total. The molecule has 0 aromatic heterocycles. The van der Waals surface area contributed by atoms with Crippen LogP contribution in [-0.2, 0) is 26.5 Å². The summed E-state index contributed by atoms with van der Waals surface area (Å²) in [5.41, 5.74) is 6.55. The second kappa shape index (κ2) is 10.9. The van der Waals surface area contributed by atoms with Crippen molar-refractivity contribution >= 4 is 43.4 Å². The molecule has 0 aliphatic rings. The fourth-order valence-electron chi connectivity index (χ4n) is 2.62. The maximum atomic E-state index is 12.6. The van der Waals surface area contributed by atoms with Crippen molar-refractivity contribution in [2.75, 3.05) is 25.9 Å². The summed E-state index contributed by atoms with van der Waals surface area (Å²) in [6, 6.07) is 7.47. The van der Waals surface area contributed by atoms with Gasteiger partial charge in [-0.25, -0.2) is 31.1 Å². The predicted octanol–water partition coefficient (Wildman–Crippen LogP) is 1.85. The van der Waals surface area contributed by atoms with E-state index in [4.69, 9.17) is 22.1 Å². The van der Waals surface area contributed by atoms with Crippen molar-refractivity contribution in [1.82, 2.24) is 14.8 Å². The molecule has 0 unspecified atom stereocenters. The first-order chi connectivity index (χ1) is 15.0. The number of anilines is 1. The molecule has 10 nitrogen and oxygen atoms in total. The minimum atomic E-state index is -4.01. The molecule has 32 heavy (non-hydrogen) atoms. The van der Waals surface area contributed by atoms with Crippen LogP contribution in [-0.4, -0.2) is 43.1 Å². The van der Waals surface area contributed by atoms with Crippen molar-refractivity contribution in [2.45, 2.75) is 29.6 Å². The Balaban J connectivity index is 2.02. The third kappa shape index (κ3) is 6.73. The van der Waals surface area contributed by atoms with Gasteiger partial charge < -0.3 is 15.8 Å². The summed E-state index contributed by atoms with van der Waals surface area (Å²) >= 11 is 5.93. The van der Waals surface area contributed by atoms with E-state index in [2.05, 4.69) is 10.0 Å². The van der Waals surface area contributed by atoms with Gasteiger partial charge in [0.15, 0.2) is 0 Å². The molecule has 0 fully saturated rings. The van der Waals surface area contributed by atoms with E-state index in [0.717, 1.165) is 0 Å². The number of carbonyl (C=O) groups is 1. The summed E-state index contributed by atoms with van der Waals surface area (Å²) in [6.07, 6.45) is 0.957. The van der Waals surface area contributed by atoms with Gasteiger partial charge in [-0.05, 0) is 36.6 Å². The number of rotatable bonds is 10. The SMILES string of the molecule is CCCNC(=O)NS(=O)(=O)c1ccc(CCNS(=O)(=O)c2cc(Cl)c(N)cc2OC)cc1. The Morgan fingerprint density at radius 1 is 1.06 bits per heavy atom. The number of hydrogen-bond donors (Lipinski definition) is 4. The molecular formula is C19H25ClN4O6S2. The van der Waals surface area contributed by atoms with Gasteiger partial charge in [-0.2, -0.15) is 0 Å². The van der Waals surface area contributed by atoms with Crippen LogP contribution in [0.5, 0.6) is 5.75 Å². The minimum absolute atomic E-state index is 0.0389. The van der Waals surface area contributed by atoms with E-state index >= 15 is 0 Å². The van der Waals surface area contributed by atoms with Crippen molar-refractivity contribution in [3.63, 3.8) is 0 Å². The first-order valence-electron chi connectivity index (χ1n) is 9.52. The van der Waals surface area contributed by atoms with Gasteiger partial charge in [-0.3, -0.25) is 0 Å². The second-order valence-corrected chi connectivity index (χ2v) is 10.5. The molecule has 0 bridgehead atoms. The van der Waals surface area contributed by atoms with Crippen molar-refractivity contribution < 1.29 is 26.4 Å². The molecule has 0 radical (unpaired) electrons. The zero-order chi connectivity index (χ0) is 23.9. The standard InChI is InChI=1S/C19H25ClN4O6S2/c1-3-9-22-19(25)24-31(26,27)14-6-4-13(5-7-14)8-10-23-32(28,29)18-11-15(20)16(21)12-17(18)30-2/h4-7,11-12,23H,3,8-10,21H2,1-2H3,(H2,22,24,25). The molecule has 2 aromatic carbocycles. The highest BCUT2D eigenvalue weighted by Crippen LogP contribution is 2.31. The highest BCUT2D eigenvalue weighted by molar-refractivity contribution is 7.90. The Hall–Kier alpha value is -2.54. The summed E-state index contributed by atoms with van der Waals surface area (Å²) in [5.74, 6) is 0.0597. The lowest BCUT2D eigenvalue weighted by molar-refractivity contribution is 0.246. The highest BCUT2D eigenvalue weighted by atomic mass is 35.5. The molecule has 2 aromatic rings. The van der Waals surface area contributed by atoms with Crippen LogP contribution in [0.25, 0.3) is 0 Å². The van der Waals surface area contributed by atoms with Crippen LogP contribution >= 0.6 is 11.6 Å². The number of hydrogen-bond acceptors (Lipinski definition) is 7. The average Bonchev–Trinajstić information content (AvgIpc) is 2.73. The molecular weight excluding hydrogens is 480 g/mol.